The van der Waals surface area contributed by atoms with Gasteiger partial charge in [0.2, 0.25) is 5.13 Å². The number of aromatic nitrogens is 2. The number of nitrogens with one attached hydrogen (secondary N) is 1. The third-order valence-corrected chi connectivity index (χ3v) is 3.97. The van der Waals surface area contributed by atoms with Crippen molar-refractivity contribution in [3.8, 4) is 0 Å². The van der Waals surface area contributed by atoms with Crippen molar-refractivity contribution in [3.63, 3.8) is 0 Å². The Bertz CT molecular complexity index is 569. The van der Waals surface area contributed by atoms with Crippen molar-refractivity contribution in [2.24, 2.45) is 0 Å². The van der Waals surface area contributed by atoms with Gasteiger partial charge in [0.15, 0.2) is 0 Å². The molecule has 1 aliphatic rings. The maximum atomic E-state index is 13.3. The Balaban J connectivity index is 1.81. The van der Waals surface area contributed by atoms with E-state index >= 15 is 0 Å². The minimum Gasteiger partial charge on any atom is -0.364 e. The van der Waals surface area contributed by atoms with Crippen LogP contribution in [0.3, 0.4) is 0 Å². The van der Waals surface area contributed by atoms with Gasteiger partial charge in [-0.3, -0.25) is 0 Å². The maximum absolute atomic E-state index is 13.3. The van der Waals surface area contributed by atoms with E-state index in [1.165, 1.54) is 23.0 Å². The van der Waals surface area contributed by atoms with Gasteiger partial charge in [-0.2, -0.15) is 0 Å². The first-order chi connectivity index (χ1) is 8.76. The van der Waals surface area contributed by atoms with Crippen LogP contribution in [0.1, 0.15) is 10.6 Å². The summed E-state index contributed by atoms with van der Waals surface area (Å²) >= 11 is 1.53. The second kappa shape index (κ2) is 4.53. The second-order valence-electron chi connectivity index (χ2n) is 4.20. The summed E-state index contributed by atoms with van der Waals surface area (Å²) in [6, 6.07) is 4.98. The number of hydrogen-bond acceptors (Lipinski definition) is 5. The van der Waals surface area contributed by atoms with E-state index in [-0.39, 0.29) is 5.82 Å². The number of nitrogens with zero attached hydrogens (tertiary/aromatic N) is 3. The first kappa shape index (κ1) is 11.4. The van der Waals surface area contributed by atoms with Crippen molar-refractivity contribution < 1.29 is 4.39 Å². The maximum Gasteiger partial charge on any atom is 0.205 e. The molecule has 2 aromatic rings. The first-order valence-corrected chi connectivity index (χ1v) is 6.61. The molecule has 2 heterocycles. The Morgan fingerprint density at radius 1 is 1.44 bits per heavy atom. The van der Waals surface area contributed by atoms with Crippen molar-refractivity contribution in [2.45, 2.75) is 13.0 Å². The van der Waals surface area contributed by atoms with E-state index in [4.69, 9.17) is 0 Å². The number of halogens is 1. The van der Waals surface area contributed by atoms with E-state index in [0.717, 1.165) is 28.8 Å². The summed E-state index contributed by atoms with van der Waals surface area (Å²) in [4.78, 5) is 2.15. The monoisotopic (exact) mass is 264 g/mol. The molecule has 1 aromatic heterocycles. The lowest BCUT2D eigenvalue weighted by Crippen LogP contribution is -2.19. The van der Waals surface area contributed by atoms with Gasteiger partial charge in [0.1, 0.15) is 10.8 Å². The lowest BCUT2D eigenvalue weighted by Gasteiger charge is -2.17. The molecule has 0 aliphatic carbocycles. The van der Waals surface area contributed by atoms with Crippen LogP contribution in [0.25, 0.3) is 0 Å². The molecular formula is C12H13FN4S. The van der Waals surface area contributed by atoms with Crippen molar-refractivity contribution in [1.82, 2.24) is 10.2 Å². The van der Waals surface area contributed by atoms with Crippen molar-refractivity contribution in [3.05, 3.63) is 34.6 Å². The minimum absolute atomic E-state index is 0.186. The van der Waals surface area contributed by atoms with Gasteiger partial charge in [0, 0.05) is 19.3 Å². The van der Waals surface area contributed by atoms with Gasteiger partial charge < -0.3 is 10.2 Å². The van der Waals surface area contributed by atoms with Crippen LogP contribution in [0.15, 0.2) is 18.2 Å². The van der Waals surface area contributed by atoms with E-state index in [9.17, 15) is 4.39 Å². The van der Waals surface area contributed by atoms with Gasteiger partial charge in [-0.25, -0.2) is 4.39 Å². The largest absolute Gasteiger partial charge is 0.364 e. The van der Waals surface area contributed by atoms with E-state index in [0.29, 0.717) is 6.54 Å². The van der Waals surface area contributed by atoms with Crippen LogP contribution in [-0.4, -0.2) is 23.8 Å². The zero-order chi connectivity index (χ0) is 12.5. The molecular weight excluding hydrogens is 251 g/mol. The Morgan fingerprint density at radius 3 is 3.11 bits per heavy atom. The Kier molecular flexibility index (Phi) is 2.87. The molecule has 0 atom stereocenters. The molecule has 4 nitrogen and oxygen atoms in total. The summed E-state index contributed by atoms with van der Waals surface area (Å²) in [7, 11) is 1.82. The van der Waals surface area contributed by atoms with Gasteiger partial charge in [-0.1, -0.05) is 17.4 Å². The molecule has 0 saturated heterocycles. The van der Waals surface area contributed by atoms with Gasteiger partial charge in [0.05, 0.1) is 6.54 Å². The fourth-order valence-corrected chi connectivity index (χ4v) is 2.87. The first-order valence-electron chi connectivity index (χ1n) is 5.80. The topological polar surface area (TPSA) is 41.1 Å². The number of anilines is 2. The summed E-state index contributed by atoms with van der Waals surface area (Å²) < 4.78 is 13.3. The lowest BCUT2D eigenvalue weighted by atomic mass is 10.2. The van der Waals surface area contributed by atoms with E-state index in [1.54, 1.807) is 6.07 Å². The molecule has 0 radical (unpaired) electrons. The highest BCUT2D eigenvalue weighted by Crippen LogP contribution is 2.30. The zero-order valence-corrected chi connectivity index (χ0v) is 10.8. The van der Waals surface area contributed by atoms with Crippen LogP contribution in [0, 0.1) is 5.82 Å². The van der Waals surface area contributed by atoms with Crippen molar-refractivity contribution >= 4 is 22.2 Å². The predicted octanol–water partition coefficient (Wildman–Crippen LogP) is 2.28. The Labute approximate surface area is 108 Å². The number of benzene rings is 1. The number of hydrogen-bond donors (Lipinski definition) is 1. The molecule has 0 saturated carbocycles. The predicted molar refractivity (Wildman–Crippen MR) is 70.6 cm³/mol. The van der Waals surface area contributed by atoms with Crippen LogP contribution in [0.4, 0.5) is 15.2 Å². The smallest absolute Gasteiger partial charge is 0.205 e. The van der Waals surface area contributed by atoms with E-state index in [2.05, 4.69) is 20.4 Å². The Morgan fingerprint density at radius 2 is 2.33 bits per heavy atom. The van der Waals surface area contributed by atoms with E-state index in [1.807, 2.05) is 13.1 Å². The minimum atomic E-state index is -0.186. The lowest BCUT2D eigenvalue weighted by molar-refractivity contribution is 0.627. The molecule has 0 spiro atoms. The molecule has 0 amide bonds. The van der Waals surface area contributed by atoms with Crippen LogP contribution >= 0.6 is 11.3 Å². The van der Waals surface area contributed by atoms with Crippen LogP contribution in [0.2, 0.25) is 0 Å². The highest BCUT2D eigenvalue weighted by Gasteiger charge is 2.20. The third kappa shape index (κ3) is 2.03. The van der Waals surface area contributed by atoms with Gasteiger partial charge in [-0.05, 0) is 24.1 Å². The molecule has 0 fully saturated rings. The molecule has 3 rings (SSSR count). The molecule has 0 unspecified atom stereocenters. The summed E-state index contributed by atoms with van der Waals surface area (Å²) in [5, 5.41) is 12.8. The normalized spacial score (nSPS) is 13.8. The average molecular weight is 264 g/mol. The highest BCUT2D eigenvalue weighted by molar-refractivity contribution is 7.15. The van der Waals surface area contributed by atoms with Crippen molar-refractivity contribution in [2.75, 3.05) is 23.8 Å². The average Bonchev–Trinajstić information content (AvgIpc) is 2.97. The van der Waals surface area contributed by atoms with Crippen molar-refractivity contribution in [1.29, 1.82) is 0 Å². The molecule has 0 bridgehead atoms. The summed E-state index contributed by atoms with van der Waals surface area (Å²) in [6.07, 6.45) is 0.966. The number of fused-ring (bicyclic) bond motifs is 1. The second-order valence-corrected chi connectivity index (χ2v) is 5.26. The fourth-order valence-electron chi connectivity index (χ4n) is 2.16. The van der Waals surface area contributed by atoms with Gasteiger partial charge in [-0.15, -0.1) is 10.2 Å². The molecule has 18 heavy (non-hydrogen) atoms. The van der Waals surface area contributed by atoms with Gasteiger partial charge in [0.25, 0.3) is 0 Å². The molecule has 6 heteroatoms. The standard InChI is InChI=1S/C12H13FN4S/c1-14-12-16-15-11(18-12)7-17-5-4-8-2-3-9(13)6-10(8)17/h2-3,6H,4-5,7H2,1H3,(H,14,16). The Hall–Kier alpha value is -1.69. The summed E-state index contributed by atoms with van der Waals surface area (Å²) in [6.45, 7) is 1.60. The van der Waals surface area contributed by atoms with Crippen LogP contribution < -0.4 is 10.2 Å². The summed E-state index contributed by atoms with van der Waals surface area (Å²) in [5.41, 5.74) is 2.19. The number of rotatable bonds is 3. The molecule has 1 N–H and O–H groups in total. The van der Waals surface area contributed by atoms with Crippen LogP contribution in [0.5, 0.6) is 0 Å². The molecule has 94 valence electrons. The molecule has 1 aromatic carbocycles. The molecule has 1 aliphatic heterocycles. The van der Waals surface area contributed by atoms with Crippen LogP contribution in [-0.2, 0) is 13.0 Å². The summed E-state index contributed by atoms with van der Waals surface area (Å²) in [5.74, 6) is -0.186. The van der Waals surface area contributed by atoms with E-state index < -0.39 is 0 Å². The fraction of sp³-hybridized carbons (Fsp3) is 0.333. The van der Waals surface area contributed by atoms with Gasteiger partial charge >= 0.3 is 0 Å². The zero-order valence-electron chi connectivity index (χ0n) is 9.98. The highest BCUT2D eigenvalue weighted by atomic mass is 32.1. The quantitative estimate of drug-likeness (QED) is 0.923. The third-order valence-electron chi connectivity index (χ3n) is 3.05. The SMILES string of the molecule is CNc1nnc(CN2CCc3ccc(F)cc32)s1.